The molecule has 2 heterocycles. The fraction of sp³-hybridized carbons (Fsp3) is 0.769. The van der Waals surface area contributed by atoms with Crippen LogP contribution in [0.1, 0.15) is 44.3 Å². The van der Waals surface area contributed by atoms with E-state index in [0.29, 0.717) is 13.0 Å². The van der Waals surface area contributed by atoms with Crippen LogP contribution in [-0.4, -0.2) is 45.4 Å². The molecule has 6 nitrogen and oxygen atoms in total. The SMILES string of the molecule is CC(C(=O)N1CCCCCC1)n1cc(CCN)nn1. The van der Waals surface area contributed by atoms with Gasteiger partial charge in [-0.25, -0.2) is 4.68 Å². The monoisotopic (exact) mass is 265 g/mol. The van der Waals surface area contributed by atoms with E-state index in [1.807, 2.05) is 18.0 Å². The number of hydrogen-bond acceptors (Lipinski definition) is 4. The number of carbonyl (C=O) groups excluding carboxylic acids is 1. The summed E-state index contributed by atoms with van der Waals surface area (Å²) in [6.45, 7) is 4.17. The van der Waals surface area contributed by atoms with E-state index in [1.165, 1.54) is 12.8 Å². The van der Waals surface area contributed by atoms with Gasteiger partial charge in [-0.15, -0.1) is 5.10 Å². The minimum absolute atomic E-state index is 0.145. The van der Waals surface area contributed by atoms with Crippen molar-refractivity contribution >= 4 is 5.91 Å². The Kier molecular flexibility index (Phi) is 4.90. The Morgan fingerprint density at radius 3 is 2.68 bits per heavy atom. The van der Waals surface area contributed by atoms with E-state index in [1.54, 1.807) is 4.68 Å². The Hall–Kier alpha value is -1.43. The lowest BCUT2D eigenvalue weighted by atomic mass is 10.2. The normalized spacial score (nSPS) is 18.1. The van der Waals surface area contributed by atoms with Gasteiger partial charge in [0.1, 0.15) is 6.04 Å². The van der Waals surface area contributed by atoms with Crippen LogP contribution in [0.2, 0.25) is 0 Å². The molecule has 19 heavy (non-hydrogen) atoms. The van der Waals surface area contributed by atoms with E-state index in [4.69, 9.17) is 5.73 Å². The molecular formula is C13H23N5O. The van der Waals surface area contributed by atoms with E-state index in [0.717, 1.165) is 31.6 Å². The third-order valence-electron chi connectivity index (χ3n) is 3.63. The van der Waals surface area contributed by atoms with Gasteiger partial charge in [-0.3, -0.25) is 4.79 Å². The molecule has 1 aliphatic heterocycles. The van der Waals surface area contributed by atoms with Gasteiger partial charge in [0.15, 0.2) is 0 Å². The van der Waals surface area contributed by atoms with Crippen molar-refractivity contribution in [3.8, 4) is 0 Å². The molecule has 1 unspecified atom stereocenters. The van der Waals surface area contributed by atoms with Crippen molar-refractivity contribution in [2.45, 2.75) is 45.1 Å². The molecule has 1 saturated heterocycles. The van der Waals surface area contributed by atoms with Gasteiger partial charge in [-0.05, 0) is 26.3 Å². The summed E-state index contributed by atoms with van der Waals surface area (Å²) in [5, 5.41) is 8.07. The first-order valence-electron chi connectivity index (χ1n) is 7.12. The Labute approximate surface area is 113 Å². The van der Waals surface area contributed by atoms with Crippen molar-refractivity contribution in [1.82, 2.24) is 19.9 Å². The Morgan fingerprint density at radius 2 is 2.05 bits per heavy atom. The van der Waals surface area contributed by atoms with Crippen LogP contribution < -0.4 is 5.73 Å². The Balaban J connectivity index is 2.00. The number of nitrogens with zero attached hydrogens (tertiary/aromatic N) is 4. The summed E-state index contributed by atoms with van der Waals surface area (Å²) < 4.78 is 1.65. The predicted molar refractivity (Wildman–Crippen MR) is 72.5 cm³/mol. The summed E-state index contributed by atoms with van der Waals surface area (Å²) in [6, 6.07) is -0.280. The molecule has 2 rings (SSSR count). The average Bonchev–Trinajstić information content (AvgIpc) is 2.72. The van der Waals surface area contributed by atoms with E-state index >= 15 is 0 Å². The second-order valence-electron chi connectivity index (χ2n) is 5.14. The van der Waals surface area contributed by atoms with Crippen LogP contribution in [0.25, 0.3) is 0 Å². The summed E-state index contributed by atoms with van der Waals surface area (Å²) in [6.07, 6.45) is 7.19. The lowest BCUT2D eigenvalue weighted by Crippen LogP contribution is -2.37. The van der Waals surface area contributed by atoms with E-state index in [9.17, 15) is 4.79 Å². The van der Waals surface area contributed by atoms with Gasteiger partial charge < -0.3 is 10.6 Å². The maximum absolute atomic E-state index is 12.4. The maximum atomic E-state index is 12.4. The van der Waals surface area contributed by atoms with Crippen LogP contribution in [0.5, 0.6) is 0 Å². The van der Waals surface area contributed by atoms with Crippen molar-refractivity contribution in [3.63, 3.8) is 0 Å². The fourth-order valence-corrected chi connectivity index (χ4v) is 2.43. The van der Waals surface area contributed by atoms with Gasteiger partial charge in [0, 0.05) is 25.7 Å². The summed E-state index contributed by atoms with van der Waals surface area (Å²) >= 11 is 0. The second-order valence-corrected chi connectivity index (χ2v) is 5.14. The van der Waals surface area contributed by atoms with Crippen LogP contribution in [-0.2, 0) is 11.2 Å². The fourth-order valence-electron chi connectivity index (χ4n) is 2.43. The molecule has 1 fully saturated rings. The average molecular weight is 265 g/mol. The molecule has 0 spiro atoms. The highest BCUT2D eigenvalue weighted by molar-refractivity contribution is 5.80. The number of nitrogens with two attached hydrogens (primary N) is 1. The number of aromatic nitrogens is 3. The highest BCUT2D eigenvalue weighted by Gasteiger charge is 2.23. The van der Waals surface area contributed by atoms with Gasteiger partial charge in [0.25, 0.3) is 0 Å². The largest absolute Gasteiger partial charge is 0.341 e. The quantitative estimate of drug-likeness (QED) is 0.871. The van der Waals surface area contributed by atoms with Crippen LogP contribution in [0.15, 0.2) is 6.20 Å². The van der Waals surface area contributed by atoms with E-state index in [2.05, 4.69) is 10.3 Å². The smallest absolute Gasteiger partial charge is 0.247 e. The Morgan fingerprint density at radius 1 is 1.37 bits per heavy atom. The molecule has 2 N–H and O–H groups in total. The first-order valence-corrected chi connectivity index (χ1v) is 7.12. The number of amides is 1. The van der Waals surface area contributed by atoms with Crippen molar-refractivity contribution in [2.75, 3.05) is 19.6 Å². The topological polar surface area (TPSA) is 77.0 Å². The molecule has 0 radical (unpaired) electrons. The summed E-state index contributed by atoms with van der Waals surface area (Å²) in [5.74, 6) is 0.145. The van der Waals surface area contributed by atoms with Gasteiger partial charge >= 0.3 is 0 Å². The minimum Gasteiger partial charge on any atom is -0.341 e. The standard InChI is InChI=1S/C13H23N5O/c1-11(18-10-12(6-7-14)15-16-18)13(19)17-8-4-2-3-5-9-17/h10-11H,2-9,14H2,1H3. The first kappa shape index (κ1) is 14.0. The van der Waals surface area contributed by atoms with Gasteiger partial charge in [0.05, 0.1) is 5.69 Å². The molecule has 0 bridgehead atoms. The van der Waals surface area contributed by atoms with Crippen molar-refractivity contribution in [2.24, 2.45) is 5.73 Å². The van der Waals surface area contributed by atoms with Crippen molar-refractivity contribution in [3.05, 3.63) is 11.9 Å². The first-order chi connectivity index (χ1) is 9.22. The van der Waals surface area contributed by atoms with Crippen LogP contribution >= 0.6 is 0 Å². The summed E-state index contributed by atoms with van der Waals surface area (Å²) in [4.78, 5) is 14.4. The van der Waals surface area contributed by atoms with Gasteiger partial charge in [-0.1, -0.05) is 18.1 Å². The van der Waals surface area contributed by atoms with E-state index < -0.39 is 0 Å². The minimum atomic E-state index is -0.280. The summed E-state index contributed by atoms with van der Waals surface area (Å²) in [7, 11) is 0. The van der Waals surface area contributed by atoms with Crippen molar-refractivity contribution < 1.29 is 4.79 Å². The molecule has 106 valence electrons. The highest BCUT2D eigenvalue weighted by atomic mass is 16.2. The molecule has 1 aromatic rings. The van der Waals surface area contributed by atoms with Gasteiger partial charge in [0.2, 0.25) is 5.91 Å². The zero-order chi connectivity index (χ0) is 13.7. The molecule has 1 aliphatic rings. The predicted octanol–water partition coefficient (Wildman–Crippen LogP) is 0.743. The van der Waals surface area contributed by atoms with Crippen LogP contribution in [0.3, 0.4) is 0 Å². The lowest BCUT2D eigenvalue weighted by molar-refractivity contribution is -0.134. The Bertz CT molecular complexity index is 409. The number of likely N-dealkylation sites (tertiary alicyclic amines) is 1. The molecule has 1 atom stereocenters. The number of hydrogen-bond donors (Lipinski definition) is 1. The molecule has 6 heteroatoms. The maximum Gasteiger partial charge on any atom is 0.247 e. The lowest BCUT2D eigenvalue weighted by Gasteiger charge is -2.23. The van der Waals surface area contributed by atoms with Crippen LogP contribution in [0.4, 0.5) is 0 Å². The number of carbonyl (C=O) groups is 1. The van der Waals surface area contributed by atoms with E-state index in [-0.39, 0.29) is 11.9 Å². The molecule has 1 amide bonds. The third kappa shape index (κ3) is 3.53. The molecule has 0 saturated carbocycles. The highest BCUT2D eigenvalue weighted by Crippen LogP contribution is 2.15. The molecule has 0 aliphatic carbocycles. The number of rotatable bonds is 4. The second kappa shape index (κ2) is 6.65. The summed E-state index contributed by atoms with van der Waals surface area (Å²) in [5.41, 5.74) is 6.33. The third-order valence-corrected chi connectivity index (χ3v) is 3.63. The molecular weight excluding hydrogens is 242 g/mol. The molecule has 1 aromatic heterocycles. The molecule has 0 aromatic carbocycles. The zero-order valence-corrected chi connectivity index (χ0v) is 11.6. The van der Waals surface area contributed by atoms with Crippen LogP contribution in [0, 0.1) is 0 Å². The van der Waals surface area contributed by atoms with Crippen molar-refractivity contribution in [1.29, 1.82) is 0 Å². The zero-order valence-electron chi connectivity index (χ0n) is 11.6. The van der Waals surface area contributed by atoms with Gasteiger partial charge in [-0.2, -0.15) is 0 Å².